The number of ether oxygens (including phenoxy) is 1. The molecule has 108 valence electrons. The fourth-order valence-corrected chi connectivity index (χ4v) is 1.68. The van der Waals surface area contributed by atoms with Crippen molar-refractivity contribution in [3.8, 4) is 5.75 Å². The Balaban J connectivity index is 2.14. The van der Waals surface area contributed by atoms with E-state index in [4.69, 9.17) is 10.6 Å². The van der Waals surface area contributed by atoms with E-state index in [0.29, 0.717) is 11.1 Å². The molecule has 21 heavy (non-hydrogen) atoms. The summed E-state index contributed by atoms with van der Waals surface area (Å²) in [6, 6.07) is 9.58. The third-order valence-electron chi connectivity index (χ3n) is 2.64. The van der Waals surface area contributed by atoms with E-state index >= 15 is 0 Å². The van der Waals surface area contributed by atoms with Crippen molar-refractivity contribution in [1.29, 1.82) is 0 Å². The number of carbonyl (C=O) groups excluding carboxylic acids is 1. The lowest BCUT2D eigenvalue weighted by atomic mass is 10.1. The van der Waals surface area contributed by atoms with Gasteiger partial charge in [0.25, 0.3) is 5.91 Å². The van der Waals surface area contributed by atoms with Crippen LogP contribution in [0.4, 0.5) is 5.82 Å². The van der Waals surface area contributed by atoms with Crippen molar-refractivity contribution in [2.45, 2.75) is 6.61 Å². The van der Waals surface area contributed by atoms with E-state index in [1.54, 1.807) is 30.3 Å². The Labute approximate surface area is 119 Å². The number of nitrogen functional groups attached to an aromatic ring is 1. The average molecular weight is 288 g/mol. The maximum atomic E-state index is 11.4. The number of pyridine rings is 1. The van der Waals surface area contributed by atoms with Gasteiger partial charge in [0.2, 0.25) is 5.75 Å². The molecule has 0 saturated heterocycles. The number of nitrogens with one attached hydrogen (secondary N) is 1. The number of nitro groups is 1. The Morgan fingerprint density at radius 2 is 2.19 bits per heavy atom. The van der Waals surface area contributed by atoms with Crippen molar-refractivity contribution in [2.75, 3.05) is 0 Å². The first-order valence-electron chi connectivity index (χ1n) is 5.94. The molecule has 0 saturated carbocycles. The van der Waals surface area contributed by atoms with Crippen LogP contribution in [-0.4, -0.2) is 15.8 Å². The zero-order valence-electron chi connectivity index (χ0n) is 10.9. The Hall–Kier alpha value is -3.00. The van der Waals surface area contributed by atoms with Crippen LogP contribution in [-0.2, 0) is 6.61 Å². The highest BCUT2D eigenvalue weighted by Gasteiger charge is 2.15. The molecule has 0 aliphatic heterocycles. The van der Waals surface area contributed by atoms with Crippen molar-refractivity contribution in [1.82, 2.24) is 10.4 Å². The van der Waals surface area contributed by atoms with Gasteiger partial charge in [0.15, 0.2) is 0 Å². The van der Waals surface area contributed by atoms with Crippen molar-refractivity contribution in [3.05, 3.63) is 63.8 Å². The van der Waals surface area contributed by atoms with Crippen LogP contribution in [0.5, 0.6) is 5.75 Å². The summed E-state index contributed by atoms with van der Waals surface area (Å²) in [5, 5.41) is 10.8. The van der Waals surface area contributed by atoms with Crippen LogP contribution in [0, 0.1) is 10.1 Å². The molecule has 0 aliphatic carbocycles. The van der Waals surface area contributed by atoms with Crippen molar-refractivity contribution in [2.24, 2.45) is 5.84 Å². The lowest BCUT2D eigenvalue weighted by Gasteiger charge is -2.07. The lowest BCUT2D eigenvalue weighted by Crippen LogP contribution is -2.30. The van der Waals surface area contributed by atoms with Gasteiger partial charge in [-0.25, -0.2) is 5.84 Å². The minimum atomic E-state index is -0.617. The van der Waals surface area contributed by atoms with Crippen LogP contribution in [0.2, 0.25) is 0 Å². The monoisotopic (exact) mass is 288 g/mol. The molecule has 1 aromatic carbocycles. The van der Waals surface area contributed by atoms with Gasteiger partial charge in [0.05, 0.1) is 0 Å². The molecule has 0 spiro atoms. The van der Waals surface area contributed by atoms with Gasteiger partial charge in [-0.3, -0.25) is 10.2 Å². The van der Waals surface area contributed by atoms with E-state index < -0.39 is 10.8 Å². The number of hydrogen-bond acceptors (Lipinski definition) is 6. The molecule has 1 aromatic heterocycles. The van der Waals surface area contributed by atoms with Gasteiger partial charge < -0.3 is 14.9 Å². The summed E-state index contributed by atoms with van der Waals surface area (Å²) in [7, 11) is 0. The smallest absolute Gasteiger partial charge is 0.406 e. The maximum absolute atomic E-state index is 11.4. The van der Waals surface area contributed by atoms with Crippen LogP contribution >= 0.6 is 0 Å². The van der Waals surface area contributed by atoms with Gasteiger partial charge in [0, 0.05) is 5.56 Å². The fourth-order valence-electron chi connectivity index (χ4n) is 1.68. The van der Waals surface area contributed by atoms with E-state index in [0.717, 1.165) is 0 Å². The quantitative estimate of drug-likeness (QED) is 0.369. The molecule has 0 bridgehead atoms. The lowest BCUT2D eigenvalue weighted by molar-refractivity contribution is -0.390. The third-order valence-corrected chi connectivity index (χ3v) is 2.64. The first-order chi connectivity index (χ1) is 10.1. The highest BCUT2D eigenvalue weighted by Crippen LogP contribution is 2.23. The number of amides is 1. The number of nitrogens with two attached hydrogens (primary N) is 1. The topological polar surface area (TPSA) is 120 Å². The molecule has 8 heteroatoms. The van der Waals surface area contributed by atoms with Crippen LogP contribution in [0.15, 0.2) is 42.6 Å². The third kappa shape index (κ3) is 3.51. The number of nitrogens with zero attached hydrogens (tertiary/aromatic N) is 2. The zero-order chi connectivity index (χ0) is 15.2. The summed E-state index contributed by atoms with van der Waals surface area (Å²) in [6.07, 6.45) is 1.32. The number of aromatic nitrogens is 1. The minimum Gasteiger partial charge on any atom is -0.481 e. The summed E-state index contributed by atoms with van der Waals surface area (Å²) in [5.41, 5.74) is 3.08. The second kappa shape index (κ2) is 6.44. The molecule has 0 atom stereocenters. The molecule has 0 aliphatic rings. The molecule has 1 heterocycles. The number of carbonyl (C=O) groups is 1. The molecular formula is C13H12N4O4. The summed E-state index contributed by atoms with van der Waals surface area (Å²) in [5.74, 6) is 4.34. The van der Waals surface area contributed by atoms with Crippen LogP contribution in [0.25, 0.3) is 0 Å². The largest absolute Gasteiger partial charge is 0.481 e. The second-order valence-electron chi connectivity index (χ2n) is 4.04. The SMILES string of the molecule is NNC(=O)c1cccc(COc2cccnc2[N+](=O)[O-])c1. The summed E-state index contributed by atoms with van der Waals surface area (Å²) < 4.78 is 5.39. The van der Waals surface area contributed by atoms with Gasteiger partial charge in [-0.05, 0) is 39.7 Å². The highest BCUT2D eigenvalue weighted by molar-refractivity contribution is 5.93. The van der Waals surface area contributed by atoms with Crippen LogP contribution in [0.3, 0.4) is 0 Å². The summed E-state index contributed by atoms with van der Waals surface area (Å²) in [6.45, 7) is 0.0677. The van der Waals surface area contributed by atoms with Gasteiger partial charge in [-0.15, -0.1) is 0 Å². The van der Waals surface area contributed by atoms with Crippen LogP contribution < -0.4 is 16.0 Å². The van der Waals surface area contributed by atoms with Gasteiger partial charge in [-0.2, -0.15) is 0 Å². The average Bonchev–Trinajstić information content (AvgIpc) is 2.52. The fraction of sp³-hybridized carbons (Fsp3) is 0.0769. The van der Waals surface area contributed by atoms with E-state index in [-0.39, 0.29) is 18.2 Å². The first kappa shape index (κ1) is 14.4. The zero-order valence-corrected chi connectivity index (χ0v) is 10.9. The molecule has 0 fully saturated rings. The summed E-state index contributed by atoms with van der Waals surface area (Å²) in [4.78, 5) is 25.2. The Morgan fingerprint density at radius 1 is 1.38 bits per heavy atom. The number of hydrazine groups is 1. The van der Waals surface area contributed by atoms with E-state index in [1.807, 2.05) is 5.43 Å². The van der Waals surface area contributed by atoms with Gasteiger partial charge in [0.1, 0.15) is 12.8 Å². The first-order valence-corrected chi connectivity index (χ1v) is 5.94. The molecule has 8 nitrogen and oxygen atoms in total. The van der Waals surface area contributed by atoms with E-state index in [1.165, 1.54) is 12.3 Å². The van der Waals surface area contributed by atoms with Gasteiger partial charge >= 0.3 is 5.82 Å². The molecular weight excluding hydrogens is 276 g/mol. The number of hydrogen-bond donors (Lipinski definition) is 2. The molecule has 2 rings (SSSR count). The van der Waals surface area contributed by atoms with Crippen molar-refractivity contribution >= 4 is 11.7 Å². The maximum Gasteiger partial charge on any atom is 0.406 e. The normalized spacial score (nSPS) is 9.95. The molecule has 2 aromatic rings. The molecule has 0 unspecified atom stereocenters. The second-order valence-corrected chi connectivity index (χ2v) is 4.04. The van der Waals surface area contributed by atoms with Crippen molar-refractivity contribution < 1.29 is 14.5 Å². The van der Waals surface area contributed by atoms with Crippen molar-refractivity contribution in [3.63, 3.8) is 0 Å². The predicted octanol–water partition coefficient (Wildman–Crippen LogP) is 1.17. The van der Waals surface area contributed by atoms with E-state index in [2.05, 4.69) is 4.98 Å². The Bertz CT molecular complexity index is 675. The number of benzene rings is 1. The number of rotatable bonds is 5. The standard InChI is InChI=1S/C13H12N4O4/c14-16-13(18)10-4-1-3-9(7-10)8-21-11-5-2-6-15-12(11)17(19)20/h1-7H,8,14H2,(H,16,18). The molecule has 0 radical (unpaired) electrons. The Morgan fingerprint density at radius 3 is 2.90 bits per heavy atom. The highest BCUT2D eigenvalue weighted by atomic mass is 16.6. The molecule has 1 amide bonds. The molecule has 3 N–H and O–H groups in total. The summed E-state index contributed by atoms with van der Waals surface area (Å²) >= 11 is 0. The van der Waals surface area contributed by atoms with Gasteiger partial charge in [-0.1, -0.05) is 12.1 Å². The van der Waals surface area contributed by atoms with E-state index in [9.17, 15) is 14.9 Å². The Kier molecular flexibility index (Phi) is 4.42. The van der Waals surface area contributed by atoms with Crippen LogP contribution in [0.1, 0.15) is 15.9 Å². The predicted molar refractivity (Wildman–Crippen MR) is 73.3 cm³/mol. The minimum absolute atomic E-state index is 0.0659.